The van der Waals surface area contributed by atoms with E-state index in [4.69, 9.17) is 4.42 Å². The number of nitrogens with one attached hydrogen (secondary N) is 1. The molecule has 1 fully saturated rings. The summed E-state index contributed by atoms with van der Waals surface area (Å²) in [7, 11) is 1.16. The molecule has 0 saturated carbocycles. The van der Waals surface area contributed by atoms with Crippen LogP contribution in [-0.4, -0.2) is 36.5 Å². The molecule has 0 radical (unpaired) electrons. The molecule has 0 spiro atoms. The summed E-state index contributed by atoms with van der Waals surface area (Å²) in [6.45, 7) is -0.481. The van der Waals surface area contributed by atoms with Crippen LogP contribution in [0.15, 0.2) is 46.5 Å². The Hall–Kier alpha value is -3.42. The largest absolute Gasteiger partial charge is 0.468 e. The normalized spacial score (nSPS) is 15.6. The van der Waals surface area contributed by atoms with Crippen LogP contribution in [0.1, 0.15) is 5.76 Å². The quantitative estimate of drug-likeness (QED) is 0.521. The van der Waals surface area contributed by atoms with Crippen LogP contribution in [0.25, 0.3) is 17.4 Å². The minimum absolute atomic E-state index is 0.0333. The average molecular weight is 344 g/mol. The Morgan fingerprint density at radius 1 is 1.32 bits per heavy atom. The molecule has 1 aliphatic rings. The lowest BCUT2D eigenvalue weighted by Crippen LogP contribution is -2.36. The SMILES string of the molecule is COC(=O)CN1C(=O)N/C(=C/c2ccc(-c3cccc(F)c3)o2)C1=O. The Morgan fingerprint density at radius 2 is 2.12 bits per heavy atom. The predicted molar refractivity (Wildman–Crippen MR) is 84.3 cm³/mol. The summed E-state index contributed by atoms with van der Waals surface area (Å²) in [6, 6.07) is 8.34. The smallest absolute Gasteiger partial charge is 0.329 e. The maximum absolute atomic E-state index is 13.3. The number of methoxy groups -OCH3 is 1. The van der Waals surface area contributed by atoms with E-state index in [1.165, 1.54) is 18.2 Å². The second-order valence-corrected chi connectivity index (χ2v) is 5.17. The van der Waals surface area contributed by atoms with Crippen molar-refractivity contribution in [3.63, 3.8) is 0 Å². The van der Waals surface area contributed by atoms with E-state index >= 15 is 0 Å². The number of halogens is 1. The molecule has 2 heterocycles. The molecule has 3 rings (SSSR count). The van der Waals surface area contributed by atoms with Crippen LogP contribution >= 0.6 is 0 Å². The van der Waals surface area contributed by atoms with Crippen LogP contribution < -0.4 is 5.32 Å². The van der Waals surface area contributed by atoms with E-state index in [1.807, 2.05) is 0 Å². The molecule has 2 aromatic rings. The van der Waals surface area contributed by atoms with E-state index in [0.717, 1.165) is 12.0 Å². The van der Waals surface area contributed by atoms with Gasteiger partial charge in [-0.3, -0.25) is 9.59 Å². The first-order chi connectivity index (χ1) is 12.0. The molecule has 1 saturated heterocycles. The van der Waals surface area contributed by atoms with E-state index < -0.39 is 30.3 Å². The van der Waals surface area contributed by atoms with Crippen LogP contribution in [0.4, 0.5) is 9.18 Å². The molecule has 1 aromatic heterocycles. The molecule has 0 bridgehead atoms. The van der Waals surface area contributed by atoms with Crippen LogP contribution in [0.3, 0.4) is 0 Å². The highest BCUT2D eigenvalue weighted by molar-refractivity contribution is 6.15. The number of rotatable bonds is 4. The molecule has 0 aliphatic carbocycles. The summed E-state index contributed by atoms with van der Waals surface area (Å²) in [5.74, 6) is -1.07. The molecular weight excluding hydrogens is 331 g/mol. The number of ether oxygens (including phenoxy) is 1. The summed E-state index contributed by atoms with van der Waals surface area (Å²) in [6.07, 6.45) is 1.33. The van der Waals surface area contributed by atoms with Gasteiger partial charge in [-0.1, -0.05) is 12.1 Å². The lowest BCUT2D eigenvalue weighted by atomic mass is 10.2. The van der Waals surface area contributed by atoms with Gasteiger partial charge in [0.05, 0.1) is 7.11 Å². The molecule has 7 nitrogen and oxygen atoms in total. The highest BCUT2D eigenvalue weighted by Crippen LogP contribution is 2.24. The zero-order valence-corrected chi connectivity index (χ0v) is 13.1. The molecule has 0 unspecified atom stereocenters. The number of furan rings is 1. The third kappa shape index (κ3) is 3.42. The van der Waals surface area contributed by atoms with Gasteiger partial charge in [0.1, 0.15) is 29.6 Å². The van der Waals surface area contributed by atoms with Crippen LogP contribution in [-0.2, 0) is 14.3 Å². The molecule has 1 aliphatic heterocycles. The number of benzene rings is 1. The van der Waals surface area contributed by atoms with Crippen molar-refractivity contribution < 1.29 is 27.9 Å². The highest BCUT2D eigenvalue weighted by Gasteiger charge is 2.35. The van der Waals surface area contributed by atoms with Crippen molar-refractivity contribution in [2.24, 2.45) is 0 Å². The standard InChI is InChI=1S/C17H13FN2O5/c1-24-15(21)9-20-16(22)13(19-17(20)23)8-12-5-6-14(25-12)10-3-2-4-11(18)7-10/h2-8H,9H2,1H3,(H,19,23)/b13-8+. The van der Waals surface area contributed by atoms with E-state index in [0.29, 0.717) is 17.1 Å². The molecule has 0 atom stereocenters. The van der Waals surface area contributed by atoms with Crippen molar-refractivity contribution in [1.82, 2.24) is 10.2 Å². The number of hydrogen-bond acceptors (Lipinski definition) is 5. The van der Waals surface area contributed by atoms with Gasteiger partial charge in [0, 0.05) is 11.6 Å². The first kappa shape index (κ1) is 16.4. The molecule has 128 valence electrons. The number of urea groups is 1. The van der Waals surface area contributed by atoms with E-state index in [-0.39, 0.29) is 5.70 Å². The van der Waals surface area contributed by atoms with Crippen molar-refractivity contribution in [3.8, 4) is 11.3 Å². The summed E-state index contributed by atoms with van der Waals surface area (Å²) in [5, 5.41) is 2.36. The molecule has 1 N–H and O–H groups in total. The molecule has 8 heteroatoms. The average Bonchev–Trinajstić information content (AvgIpc) is 3.15. The Bertz CT molecular complexity index is 887. The Balaban J connectivity index is 1.81. The Morgan fingerprint density at radius 3 is 2.84 bits per heavy atom. The number of esters is 1. The second kappa shape index (κ2) is 6.60. The Labute approximate surface area is 141 Å². The van der Waals surface area contributed by atoms with Gasteiger partial charge < -0.3 is 14.5 Å². The lowest BCUT2D eigenvalue weighted by molar-refractivity contribution is -0.143. The predicted octanol–water partition coefficient (Wildman–Crippen LogP) is 2.15. The van der Waals surface area contributed by atoms with Crippen LogP contribution in [0.5, 0.6) is 0 Å². The zero-order valence-electron chi connectivity index (χ0n) is 13.1. The maximum Gasteiger partial charge on any atom is 0.329 e. The minimum Gasteiger partial charge on any atom is -0.468 e. The van der Waals surface area contributed by atoms with E-state index in [1.54, 1.807) is 24.3 Å². The summed E-state index contributed by atoms with van der Waals surface area (Å²) in [4.78, 5) is 35.9. The minimum atomic E-state index is -0.724. The summed E-state index contributed by atoms with van der Waals surface area (Å²) >= 11 is 0. The number of imide groups is 1. The van der Waals surface area contributed by atoms with Gasteiger partial charge in [0.25, 0.3) is 5.91 Å². The molecule has 3 amide bonds. The monoisotopic (exact) mass is 344 g/mol. The van der Waals surface area contributed by atoms with Crippen molar-refractivity contribution in [2.75, 3.05) is 13.7 Å². The van der Waals surface area contributed by atoms with Gasteiger partial charge in [-0.2, -0.15) is 0 Å². The maximum atomic E-state index is 13.3. The number of nitrogens with zero attached hydrogens (tertiary/aromatic N) is 1. The zero-order chi connectivity index (χ0) is 18.0. The van der Waals surface area contributed by atoms with Crippen molar-refractivity contribution in [1.29, 1.82) is 0 Å². The van der Waals surface area contributed by atoms with Gasteiger partial charge in [-0.05, 0) is 24.3 Å². The van der Waals surface area contributed by atoms with Gasteiger partial charge in [0.2, 0.25) is 0 Å². The third-order valence-corrected chi connectivity index (χ3v) is 3.50. The van der Waals surface area contributed by atoms with Crippen LogP contribution in [0.2, 0.25) is 0 Å². The topological polar surface area (TPSA) is 88.8 Å². The third-order valence-electron chi connectivity index (χ3n) is 3.50. The summed E-state index contributed by atoms with van der Waals surface area (Å²) < 4.78 is 23.3. The van der Waals surface area contributed by atoms with Crippen LogP contribution in [0, 0.1) is 5.82 Å². The van der Waals surface area contributed by atoms with E-state index in [2.05, 4.69) is 10.1 Å². The fourth-order valence-corrected chi connectivity index (χ4v) is 2.28. The number of carbonyl (C=O) groups excluding carboxylic acids is 3. The van der Waals surface area contributed by atoms with Crippen molar-refractivity contribution in [2.45, 2.75) is 0 Å². The van der Waals surface area contributed by atoms with Gasteiger partial charge in [-0.25, -0.2) is 14.1 Å². The van der Waals surface area contributed by atoms with Crippen molar-refractivity contribution in [3.05, 3.63) is 53.7 Å². The fourth-order valence-electron chi connectivity index (χ4n) is 2.28. The van der Waals surface area contributed by atoms with Gasteiger partial charge in [-0.15, -0.1) is 0 Å². The molecule has 1 aromatic carbocycles. The second-order valence-electron chi connectivity index (χ2n) is 5.17. The number of hydrogen-bond donors (Lipinski definition) is 1. The molecule has 25 heavy (non-hydrogen) atoms. The van der Waals surface area contributed by atoms with Gasteiger partial charge >= 0.3 is 12.0 Å². The first-order valence-electron chi connectivity index (χ1n) is 7.25. The van der Waals surface area contributed by atoms with E-state index in [9.17, 15) is 18.8 Å². The Kier molecular flexibility index (Phi) is 4.34. The van der Waals surface area contributed by atoms with Crippen molar-refractivity contribution >= 4 is 24.0 Å². The highest BCUT2D eigenvalue weighted by atomic mass is 19.1. The van der Waals surface area contributed by atoms with Gasteiger partial charge in [0.15, 0.2) is 0 Å². The fraction of sp³-hybridized carbons (Fsp3) is 0.118. The number of amides is 3. The summed E-state index contributed by atoms with van der Waals surface area (Å²) in [5.41, 5.74) is 0.507. The molecular formula is C17H13FN2O5. The first-order valence-corrected chi connectivity index (χ1v) is 7.25. The number of carbonyl (C=O) groups is 3. The lowest BCUT2D eigenvalue weighted by Gasteiger charge is -2.08.